The molecule has 2 aromatic rings. The van der Waals surface area contributed by atoms with Crippen molar-refractivity contribution < 1.29 is 14.1 Å². The van der Waals surface area contributed by atoms with Crippen molar-refractivity contribution >= 4 is 33.2 Å². The van der Waals surface area contributed by atoms with Crippen LogP contribution >= 0.6 is 15.9 Å². The van der Waals surface area contributed by atoms with E-state index in [2.05, 4.69) is 21.2 Å². The summed E-state index contributed by atoms with van der Waals surface area (Å²) < 4.78 is 13.6. The fourth-order valence-electron chi connectivity index (χ4n) is 1.71. The largest absolute Gasteiger partial charge is 0.322 e. The molecule has 1 N–H and O–H groups in total. The zero-order chi connectivity index (χ0) is 15.6. The predicted octanol–water partition coefficient (Wildman–Crippen LogP) is 4.06. The van der Waals surface area contributed by atoms with Gasteiger partial charge >= 0.3 is 0 Å². The van der Waals surface area contributed by atoms with E-state index in [-0.39, 0.29) is 15.7 Å². The monoisotopic (exact) mass is 352 g/mol. The van der Waals surface area contributed by atoms with Gasteiger partial charge in [-0.2, -0.15) is 0 Å². The number of rotatable bonds is 3. The lowest BCUT2D eigenvalue weighted by Crippen LogP contribution is -2.13. The average Bonchev–Trinajstić information content (AvgIpc) is 2.44. The van der Waals surface area contributed by atoms with Gasteiger partial charge in [-0.05, 0) is 52.7 Å². The molecular formula is C14H10BrFN2O3. The van der Waals surface area contributed by atoms with Crippen LogP contribution in [0.25, 0.3) is 0 Å². The molecule has 0 unspecified atom stereocenters. The molecule has 0 saturated carbocycles. The molecule has 0 fully saturated rings. The van der Waals surface area contributed by atoms with Crippen LogP contribution in [0.1, 0.15) is 15.9 Å². The van der Waals surface area contributed by atoms with Gasteiger partial charge in [-0.3, -0.25) is 14.9 Å². The van der Waals surface area contributed by atoms with Crippen molar-refractivity contribution in [2.24, 2.45) is 0 Å². The van der Waals surface area contributed by atoms with Crippen molar-refractivity contribution in [1.82, 2.24) is 0 Å². The van der Waals surface area contributed by atoms with Crippen LogP contribution in [0.15, 0.2) is 40.9 Å². The lowest BCUT2D eigenvalue weighted by molar-refractivity contribution is -0.384. The van der Waals surface area contributed by atoms with Gasteiger partial charge in [0, 0.05) is 23.4 Å². The molecule has 5 nitrogen and oxygen atoms in total. The summed E-state index contributed by atoms with van der Waals surface area (Å²) in [6, 6.07) is 8.00. The van der Waals surface area contributed by atoms with Crippen LogP contribution in [0.5, 0.6) is 0 Å². The minimum Gasteiger partial charge on any atom is -0.322 e. The highest BCUT2D eigenvalue weighted by atomic mass is 79.9. The minimum atomic E-state index is -0.539. The highest BCUT2D eigenvalue weighted by molar-refractivity contribution is 9.10. The number of anilines is 1. The Labute approximate surface area is 128 Å². The van der Waals surface area contributed by atoms with Gasteiger partial charge in [0.15, 0.2) is 0 Å². The second kappa shape index (κ2) is 6.01. The number of nitro benzene ring substituents is 1. The summed E-state index contributed by atoms with van der Waals surface area (Å²) >= 11 is 3.05. The summed E-state index contributed by atoms with van der Waals surface area (Å²) in [6.07, 6.45) is 0. The van der Waals surface area contributed by atoms with E-state index in [4.69, 9.17) is 0 Å². The predicted molar refractivity (Wildman–Crippen MR) is 79.9 cm³/mol. The van der Waals surface area contributed by atoms with Crippen LogP contribution < -0.4 is 5.32 Å². The molecule has 0 radical (unpaired) electrons. The van der Waals surface area contributed by atoms with Crippen molar-refractivity contribution in [2.75, 3.05) is 5.32 Å². The number of nitrogens with zero attached hydrogens (tertiary/aromatic N) is 1. The molecule has 0 aliphatic rings. The third kappa shape index (κ3) is 3.43. The molecule has 21 heavy (non-hydrogen) atoms. The molecule has 0 bridgehead atoms. The van der Waals surface area contributed by atoms with Gasteiger partial charge < -0.3 is 5.32 Å². The van der Waals surface area contributed by atoms with Crippen molar-refractivity contribution in [3.8, 4) is 0 Å². The molecule has 0 heterocycles. The van der Waals surface area contributed by atoms with Crippen LogP contribution in [-0.4, -0.2) is 10.8 Å². The molecule has 2 aromatic carbocycles. The van der Waals surface area contributed by atoms with Crippen molar-refractivity contribution in [3.05, 3.63) is 67.9 Å². The number of carbonyl (C=O) groups is 1. The number of carbonyl (C=O) groups excluding carboxylic acids is 1. The van der Waals surface area contributed by atoms with Crippen molar-refractivity contribution in [2.45, 2.75) is 6.92 Å². The zero-order valence-corrected chi connectivity index (χ0v) is 12.5. The fraction of sp³-hybridized carbons (Fsp3) is 0.0714. The number of hydrogen-bond acceptors (Lipinski definition) is 3. The Bertz CT molecular complexity index is 717. The van der Waals surface area contributed by atoms with Crippen molar-refractivity contribution in [3.63, 3.8) is 0 Å². The van der Waals surface area contributed by atoms with E-state index in [1.54, 1.807) is 6.92 Å². The number of non-ortho nitro benzene ring substituents is 1. The van der Waals surface area contributed by atoms with Gasteiger partial charge in [-0.25, -0.2) is 4.39 Å². The van der Waals surface area contributed by atoms with Gasteiger partial charge in [0.05, 0.1) is 9.40 Å². The molecule has 7 heteroatoms. The van der Waals surface area contributed by atoms with E-state index in [0.717, 1.165) is 0 Å². The SMILES string of the molecule is Cc1cc(F)c(Br)cc1NC(=O)c1ccc([N+](=O)[O-])cc1. The van der Waals surface area contributed by atoms with Crippen molar-refractivity contribution in [1.29, 1.82) is 0 Å². The first-order valence-electron chi connectivity index (χ1n) is 5.90. The standard InChI is InChI=1S/C14H10BrFN2O3/c1-8-6-12(16)11(15)7-13(8)17-14(19)9-2-4-10(5-3-9)18(20)21/h2-7H,1H3,(H,17,19). The molecule has 0 saturated heterocycles. The highest BCUT2D eigenvalue weighted by Crippen LogP contribution is 2.24. The second-order valence-electron chi connectivity index (χ2n) is 4.34. The van der Waals surface area contributed by atoms with E-state index in [1.165, 1.54) is 36.4 Å². The molecular weight excluding hydrogens is 343 g/mol. The lowest BCUT2D eigenvalue weighted by Gasteiger charge is -2.09. The summed E-state index contributed by atoms with van der Waals surface area (Å²) in [5, 5.41) is 13.2. The third-order valence-corrected chi connectivity index (χ3v) is 3.46. The summed E-state index contributed by atoms with van der Waals surface area (Å²) in [4.78, 5) is 22.1. The number of benzene rings is 2. The molecule has 0 aromatic heterocycles. The Morgan fingerprint density at radius 3 is 2.48 bits per heavy atom. The normalized spacial score (nSPS) is 10.2. The minimum absolute atomic E-state index is 0.0905. The lowest BCUT2D eigenvalue weighted by atomic mass is 10.1. The summed E-state index contributed by atoms with van der Waals surface area (Å²) in [6.45, 7) is 1.67. The summed E-state index contributed by atoms with van der Waals surface area (Å²) in [5.74, 6) is -0.840. The topological polar surface area (TPSA) is 72.2 Å². The van der Waals surface area contributed by atoms with E-state index in [0.29, 0.717) is 11.3 Å². The summed E-state index contributed by atoms with van der Waals surface area (Å²) in [5.41, 5.74) is 1.23. The van der Waals surface area contributed by atoms with E-state index < -0.39 is 16.6 Å². The molecule has 0 atom stereocenters. The Kier molecular flexibility index (Phi) is 4.32. The number of amides is 1. The van der Waals surface area contributed by atoms with Gasteiger partial charge in [0.25, 0.3) is 11.6 Å². The fourth-order valence-corrected chi connectivity index (χ4v) is 2.05. The summed E-state index contributed by atoms with van der Waals surface area (Å²) in [7, 11) is 0. The maximum atomic E-state index is 13.3. The van der Waals surface area contributed by atoms with Crippen LogP contribution in [-0.2, 0) is 0 Å². The Morgan fingerprint density at radius 1 is 1.29 bits per heavy atom. The molecule has 2 rings (SSSR count). The Balaban J connectivity index is 2.22. The molecule has 0 aliphatic carbocycles. The quantitative estimate of drug-likeness (QED) is 0.668. The Hall–Kier alpha value is -2.28. The van der Waals surface area contributed by atoms with Gasteiger partial charge in [-0.15, -0.1) is 0 Å². The molecule has 0 aliphatic heterocycles. The first-order chi connectivity index (χ1) is 9.88. The van der Waals surface area contributed by atoms with Gasteiger partial charge in [0.1, 0.15) is 5.82 Å². The zero-order valence-electron chi connectivity index (χ0n) is 10.9. The van der Waals surface area contributed by atoms with Crippen LogP contribution in [0.4, 0.5) is 15.8 Å². The number of hydrogen-bond donors (Lipinski definition) is 1. The number of nitrogens with one attached hydrogen (secondary N) is 1. The second-order valence-corrected chi connectivity index (χ2v) is 5.19. The highest BCUT2D eigenvalue weighted by Gasteiger charge is 2.12. The van der Waals surface area contributed by atoms with Crippen LogP contribution in [0.2, 0.25) is 0 Å². The smallest absolute Gasteiger partial charge is 0.269 e. The number of nitro groups is 1. The van der Waals surface area contributed by atoms with E-state index in [1.807, 2.05) is 0 Å². The maximum absolute atomic E-state index is 13.3. The molecule has 1 amide bonds. The van der Waals surface area contributed by atoms with Crippen LogP contribution in [0.3, 0.4) is 0 Å². The first kappa shape index (κ1) is 15.1. The van der Waals surface area contributed by atoms with E-state index in [9.17, 15) is 19.3 Å². The third-order valence-electron chi connectivity index (χ3n) is 2.86. The first-order valence-corrected chi connectivity index (χ1v) is 6.69. The van der Waals surface area contributed by atoms with Crippen LogP contribution in [0, 0.1) is 22.9 Å². The number of halogens is 2. The molecule has 108 valence electrons. The molecule has 0 spiro atoms. The average molecular weight is 353 g/mol. The number of aryl methyl sites for hydroxylation is 1. The Morgan fingerprint density at radius 2 is 1.90 bits per heavy atom. The van der Waals surface area contributed by atoms with Gasteiger partial charge in [0.2, 0.25) is 0 Å². The maximum Gasteiger partial charge on any atom is 0.269 e. The van der Waals surface area contributed by atoms with E-state index >= 15 is 0 Å². The van der Waals surface area contributed by atoms with Gasteiger partial charge in [-0.1, -0.05) is 0 Å².